The molecule has 5 nitrogen and oxygen atoms in total. The van der Waals surface area contributed by atoms with Crippen molar-refractivity contribution in [2.75, 3.05) is 19.6 Å². The van der Waals surface area contributed by atoms with Gasteiger partial charge < -0.3 is 14.7 Å². The average molecular weight is 379 g/mol. The lowest BCUT2D eigenvalue weighted by atomic mass is 10.0. The summed E-state index contributed by atoms with van der Waals surface area (Å²) in [4.78, 5) is 14.3. The Kier molecular flexibility index (Phi) is 5.13. The van der Waals surface area contributed by atoms with Gasteiger partial charge in [0.15, 0.2) is 0 Å². The van der Waals surface area contributed by atoms with Crippen LogP contribution in [-0.2, 0) is 4.79 Å². The molecule has 2 aliphatic heterocycles. The number of nitrogens with zero attached hydrogens (tertiary/aromatic N) is 2. The number of piperidine rings is 1. The molecule has 0 aliphatic carbocycles. The van der Waals surface area contributed by atoms with E-state index in [1.807, 2.05) is 0 Å². The van der Waals surface area contributed by atoms with Crippen LogP contribution in [0.3, 0.4) is 0 Å². The highest BCUT2D eigenvalue weighted by Gasteiger charge is 2.46. The molecule has 2 heterocycles. The summed E-state index contributed by atoms with van der Waals surface area (Å²) in [6, 6.07) is 2.85. The molecule has 0 radical (unpaired) electrons. The van der Waals surface area contributed by atoms with Crippen LogP contribution in [0.1, 0.15) is 19.3 Å². The number of aliphatic hydroxyl groups excluding tert-OH is 1. The van der Waals surface area contributed by atoms with Crippen molar-refractivity contribution < 1.29 is 27.8 Å². The Labute approximate surface area is 147 Å². The van der Waals surface area contributed by atoms with Gasteiger partial charge in [-0.1, -0.05) is 11.6 Å². The molecule has 1 amide bonds. The number of hydrogen-bond acceptors (Lipinski definition) is 4. The SMILES string of the molecule is O=C1CCCN1C1CN(C(O)Oc2ccc(Cl)c(F)c2)CC(F)(F)C1. The van der Waals surface area contributed by atoms with Crippen molar-refractivity contribution in [3.8, 4) is 5.75 Å². The van der Waals surface area contributed by atoms with Gasteiger partial charge in [0.25, 0.3) is 12.3 Å². The van der Waals surface area contributed by atoms with Gasteiger partial charge >= 0.3 is 0 Å². The molecule has 2 aliphatic rings. The number of amides is 1. The molecule has 138 valence electrons. The van der Waals surface area contributed by atoms with Crippen molar-refractivity contribution in [2.24, 2.45) is 0 Å². The molecular formula is C16H18ClF3N2O3. The number of halogens is 4. The first-order valence-electron chi connectivity index (χ1n) is 7.96. The maximum atomic E-state index is 14.1. The van der Waals surface area contributed by atoms with Crippen LogP contribution in [0.15, 0.2) is 18.2 Å². The third-order valence-corrected chi connectivity index (χ3v) is 4.72. The maximum Gasteiger partial charge on any atom is 0.262 e. The van der Waals surface area contributed by atoms with E-state index in [0.29, 0.717) is 19.4 Å². The van der Waals surface area contributed by atoms with E-state index in [0.717, 1.165) is 11.0 Å². The highest BCUT2D eigenvalue weighted by atomic mass is 35.5. The molecule has 1 aromatic carbocycles. The Morgan fingerprint density at radius 2 is 2.16 bits per heavy atom. The van der Waals surface area contributed by atoms with Gasteiger partial charge in [-0.3, -0.25) is 4.79 Å². The monoisotopic (exact) mass is 378 g/mol. The first-order valence-corrected chi connectivity index (χ1v) is 8.34. The van der Waals surface area contributed by atoms with Gasteiger partial charge in [0.05, 0.1) is 17.6 Å². The summed E-state index contributed by atoms with van der Waals surface area (Å²) in [5.74, 6) is -3.99. The lowest BCUT2D eigenvalue weighted by Gasteiger charge is -2.42. The van der Waals surface area contributed by atoms with Crippen LogP contribution in [0.25, 0.3) is 0 Å². The molecule has 2 fully saturated rings. The number of ether oxygens (including phenoxy) is 1. The van der Waals surface area contributed by atoms with Crippen LogP contribution in [0.2, 0.25) is 5.02 Å². The second kappa shape index (κ2) is 7.01. The first-order chi connectivity index (χ1) is 11.7. The summed E-state index contributed by atoms with van der Waals surface area (Å²) in [7, 11) is 0. The standard InChI is InChI=1S/C16H18ClF3N2O3/c17-12-4-3-11(6-13(12)18)25-15(24)21-8-10(7-16(19,20)9-21)22-5-1-2-14(22)23/h3-4,6,10,15,24H,1-2,5,7-9H2. The number of rotatable bonds is 4. The molecule has 9 heteroatoms. The minimum absolute atomic E-state index is 0.0305. The predicted octanol–water partition coefficient (Wildman–Crippen LogP) is 2.47. The molecule has 0 aromatic heterocycles. The molecule has 2 atom stereocenters. The Bertz CT molecular complexity index is 662. The molecule has 25 heavy (non-hydrogen) atoms. The topological polar surface area (TPSA) is 53.0 Å². The lowest BCUT2D eigenvalue weighted by molar-refractivity contribution is -0.195. The smallest absolute Gasteiger partial charge is 0.262 e. The molecule has 3 rings (SSSR count). The van der Waals surface area contributed by atoms with Crippen LogP contribution in [-0.4, -0.2) is 58.8 Å². The van der Waals surface area contributed by atoms with E-state index in [9.17, 15) is 23.1 Å². The van der Waals surface area contributed by atoms with Gasteiger partial charge in [0, 0.05) is 32.0 Å². The molecule has 0 saturated carbocycles. The summed E-state index contributed by atoms with van der Waals surface area (Å²) < 4.78 is 46.8. The molecule has 1 N–H and O–H groups in total. The van der Waals surface area contributed by atoms with E-state index in [1.165, 1.54) is 17.0 Å². The zero-order valence-corrected chi connectivity index (χ0v) is 14.1. The third kappa shape index (κ3) is 4.19. The van der Waals surface area contributed by atoms with Crippen molar-refractivity contribution in [2.45, 2.75) is 37.6 Å². The van der Waals surface area contributed by atoms with Crippen molar-refractivity contribution in [3.05, 3.63) is 29.0 Å². The summed E-state index contributed by atoms with van der Waals surface area (Å²) >= 11 is 5.57. The number of aliphatic hydroxyl groups is 1. The van der Waals surface area contributed by atoms with Crippen LogP contribution in [0.5, 0.6) is 5.75 Å². The largest absolute Gasteiger partial charge is 0.451 e. The Morgan fingerprint density at radius 3 is 2.80 bits per heavy atom. The summed E-state index contributed by atoms with van der Waals surface area (Å²) in [6.07, 6.45) is -1.14. The quantitative estimate of drug-likeness (QED) is 0.818. The fourth-order valence-corrected chi connectivity index (χ4v) is 3.40. The molecule has 0 bridgehead atoms. The van der Waals surface area contributed by atoms with Crippen molar-refractivity contribution in [1.82, 2.24) is 9.80 Å². The fourth-order valence-electron chi connectivity index (χ4n) is 3.28. The molecule has 1 aromatic rings. The number of alkyl halides is 2. The minimum Gasteiger partial charge on any atom is -0.451 e. The highest BCUT2D eigenvalue weighted by molar-refractivity contribution is 6.30. The zero-order chi connectivity index (χ0) is 18.2. The number of benzene rings is 1. The molecule has 2 saturated heterocycles. The van der Waals surface area contributed by atoms with Gasteiger partial charge in [-0.05, 0) is 18.6 Å². The van der Waals surface area contributed by atoms with E-state index in [-0.39, 0.29) is 23.2 Å². The summed E-state index contributed by atoms with van der Waals surface area (Å²) in [5.41, 5.74) is 0. The third-order valence-electron chi connectivity index (χ3n) is 4.41. The van der Waals surface area contributed by atoms with E-state index in [4.69, 9.17) is 16.3 Å². The summed E-state index contributed by atoms with van der Waals surface area (Å²) in [5, 5.41) is 10.0. The van der Waals surface area contributed by atoms with Crippen LogP contribution >= 0.6 is 11.6 Å². The van der Waals surface area contributed by atoms with E-state index >= 15 is 0 Å². The summed E-state index contributed by atoms with van der Waals surface area (Å²) in [6.45, 7) is -0.214. The Morgan fingerprint density at radius 1 is 1.40 bits per heavy atom. The normalized spacial score (nSPS) is 25.2. The van der Waals surface area contributed by atoms with Gasteiger partial charge in [-0.25, -0.2) is 18.1 Å². The minimum atomic E-state index is -3.07. The molecule has 2 unspecified atom stereocenters. The first kappa shape index (κ1) is 18.3. The van der Waals surface area contributed by atoms with Gasteiger partial charge in [-0.2, -0.15) is 0 Å². The van der Waals surface area contributed by atoms with E-state index < -0.39 is 37.2 Å². The van der Waals surface area contributed by atoms with Crippen molar-refractivity contribution >= 4 is 17.5 Å². The van der Waals surface area contributed by atoms with E-state index in [1.54, 1.807) is 0 Å². The zero-order valence-electron chi connectivity index (χ0n) is 13.3. The van der Waals surface area contributed by atoms with Gasteiger partial charge in [-0.15, -0.1) is 0 Å². The van der Waals surface area contributed by atoms with Crippen LogP contribution < -0.4 is 4.74 Å². The second-order valence-electron chi connectivity index (χ2n) is 6.35. The predicted molar refractivity (Wildman–Crippen MR) is 83.9 cm³/mol. The van der Waals surface area contributed by atoms with Crippen molar-refractivity contribution in [3.63, 3.8) is 0 Å². The van der Waals surface area contributed by atoms with E-state index in [2.05, 4.69) is 0 Å². The number of hydrogen-bond donors (Lipinski definition) is 1. The number of carbonyl (C=O) groups is 1. The number of carbonyl (C=O) groups excluding carboxylic acids is 1. The average Bonchev–Trinajstić information content (AvgIpc) is 2.95. The second-order valence-corrected chi connectivity index (χ2v) is 6.76. The van der Waals surface area contributed by atoms with Gasteiger partial charge in [0.1, 0.15) is 11.6 Å². The van der Waals surface area contributed by atoms with Gasteiger partial charge in [0.2, 0.25) is 5.91 Å². The Balaban J connectivity index is 1.70. The van der Waals surface area contributed by atoms with Crippen LogP contribution in [0, 0.1) is 5.82 Å². The maximum absolute atomic E-state index is 14.1. The lowest BCUT2D eigenvalue weighted by Crippen LogP contribution is -2.59. The molecular weight excluding hydrogens is 361 g/mol. The number of likely N-dealkylation sites (tertiary alicyclic amines) is 2. The van der Waals surface area contributed by atoms with Crippen molar-refractivity contribution in [1.29, 1.82) is 0 Å². The Hall–Kier alpha value is -1.51. The fraction of sp³-hybridized carbons (Fsp3) is 0.562. The molecule has 0 spiro atoms. The van der Waals surface area contributed by atoms with Crippen LogP contribution in [0.4, 0.5) is 13.2 Å². The highest BCUT2D eigenvalue weighted by Crippen LogP contribution is 2.32.